The van der Waals surface area contributed by atoms with Crippen molar-refractivity contribution in [2.75, 3.05) is 31.1 Å². The Balaban J connectivity index is 0.000000203. The maximum atomic E-state index is 13.3. The minimum atomic E-state index is -0.878. The molecule has 0 radical (unpaired) electrons. The number of rotatable bonds is 7. The van der Waals surface area contributed by atoms with Crippen LogP contribution >= 0.6 is 45.9 Å². The number of benzene rings is 5. The average Bonchev–Trinajstić information content (AvgIpc) is 3.70. The normalized spacial score (nSPS) is 14.2. The van der Waals surface area contributed by atoms with Gasteiger partial charge in [0, 0.05) is 72.1 Å². The summed E-state index contributed by atoms with van der Waals surface area (Å²) in [6.45, 7) is 5.53. The number of halogens is 2. The van der Waals surface area contributed by atoms with Crippen LogP contribution in [-0.2, 0) is 0 Å². The molecule has 254 valence electrons. The Kier molecular flexibility index (Phi) is 10.3. The van der Waals surface area contributed by atoms with E-state index in [1.807, 2.05) is 54.6 Å². The Morgan fingerprint density at radius 1 is 0.720 bits per heavy atom. The molecule has 10 heteroatoms. The highest BCUT2D eigenvalue weighted by Crippen LogP contribution is 2.36. The van der Waals surface area contributed by atoms with Crippen LogP contribution in [-0.4, -0.2) is 54.2 Å². The van der Waals surface area contributed by atoms with Gasteiger partial charge in [-0.1, -0.05) is 79.0 Å². The van der Waals surface area contributed by atoms with E-state index in [-0.39, 0.29) is 12.1 Å². The molecule has 8 rings (SSSR count). The van der Waals surface area contributed by atoms with Crippen LogP contribution in [0.1, 0.15) is 40.5 Å². The van der Waals surface area contributed by atoms with Crippen molar-refractivity contribution in [2.24, 2.45) is 0 Å². The lowest BCUT2D eigenvalue weighted by atomic mass is 10.1. The third kappa shape index (κ3) is 7.04. The monoisotopic (exact) mass is 739 g/mol. The highest BCUT2D eigenvalue weighted by molar-refractivity contribution is 7.26. The first-order valence-electron chi connectivity index (χ1n) is 16.6. The lowest BCUT2D eigenvalue weighted by Crippen LogP contribution is -2.56. The number of fused-ring (bicyclic) bond motifs is 6. The van der Waals surface area contributed by atoms with Crippen LogP contribution in [0.2, 0.25) is 10.0 Å². The predicted molar refractivity (Wildman–Crippen MR) is 212 cm³/mol. The quantitative estimate of drug-likeness (QED) is 0.170. The molecule has 1 atom stereocenters. The maximum Gasteiger partial charge on any atom is 0.335 e. The number of carbonyl (C=O) groups is 2. The van der Waals surface area contributed by atoms with Gasteiger partial charge in [0.1, 0.15) is 0 Å². The maximum absolute atomic E-state index is 13.3. The largest absolute Gasteiger partial charge is 0.478 e. The molecule has 7 aromatic rings. The number of piperazine rings is 1. The highest BCUT2D eigenvalue weighted by atomic mass is 35.5. The molecule has 0 aliphatic carbocycles. The van der Waals surface area contributed by atoms with E-state index < -0.39 is 5.97 Å². The zero-order chi connectivity index (χ0) is 34.8. The Bertz CT molecular complexity index is 2350. The van der Waals surface area contributed by atoms with Crippen molar-refractivity contribution in [1.82, 2.24) is 10.2 Å². The van der Waals surface area contributed by atoms with E-state index in [1.165, 1.54) is 19.5 Å². The molecule has 3 heterocycles. The van der Waals surface area contributed by atoms with Gasteiger partial charge in [0.2, 0.25) is 0 Å². The average molecular weight is 741 g/mol. The summed E-state index contributed by atoms with van der Waals surface area (Å²) in [6.07, 6.45) is 1.91. The fourth-order valence-electron chi connectivity index (χ4n) is 6.59. The summed E-state index contributed by atoms with van der Waals surface area (Å²) in [4.78, 5) is 28.8. The van der Waals surface area contributed by atoms with E-state index in [1.54, 1.807) is 34.8 Å². The van der Waals surface area contributed by atoms with E-state index >= 15 is 0 Å². The number of carboxylic acid groups (broad SMARTS) is 1. The number of aromatic carboxylic acids is 1. The zero-order valence-corrected chi connectivity index (χ0v) is 30.5. The second-order valence-corrected chi connectivity index (χ2v) is 15.3. The van der Waals surface area contributed by atoms with Crippen LogP contribution in [0.15, 0.2) is 103 Å². The van der Waals surface area contributed by atoms with Crippen molar-refractivity contribution in [2.45, 2.75) is 25.9 Å². The molecular formula is C40H35Cl2N3O3S2. The number of anilines is 1. The molecular weight excluding hydrogens is 705 g/mol. The lowest BCUT2D eigenvalue weighted by Gasteiger charge is -2.40. The number of amides is 1. The molecule has 1 saturated heterocycles. The van der Waals surface area contributed by atoms with Gasteiger partial charge < -0.3 is 15.3 Å². The van der Waals surface area contributed by atoms with Gasteiger partial charge in [0.15, 0.2) is 0 Å². The van der Waals surface area contributed by atoms with Crippen LogP contribution in [0.25, 0.3) is 40.3 Å². The number of hydrogen-bond acceptors (Lipinski definition) is 6. The summed E-state index contributed by atoms with van der Waals surface area (Å²) in [5, 5.41) is 18.0. The molecule has 2 aromatic heterocycles. The molecule has 0 bridgehead atoms. The highest BCUT2D eigenvalue weighted by Gasteiger charge is 2.26. The molecule has 1 fully saturated rings. The Labute approximate surface area is 308 Å². The molecule has 0 saturated carbocycles. The second-order valence-electron chi connectivity index (χ2n) is 12.3. The Morgan fingerprint density at radius 3 is 1.88 bits per heavy atom. The van der Waals surface area contributed by atoms with Gasteiger partial charge in [-0.05, 0) is 67.1 Å². The molecule has 1 amide bonds. The molecule has 1 aliphatic rings. The summed E-state index contributed by atoms with van der Waals surface area (Å²) in [5.74, 6) is -0.895. The zero-order valence-electron chi connectivity index (χ0n) is 27.4. The third-order valence-electron chi connectivity index (χ3n) is 9.15. The smallest absolute Gasteiger partial charge is 0.335 e. The SMILES string of the molecule is CCCC(NC(=O)c1ccc2sc3ccccc3c2c1)N1CCN(c2cccc(Cl)c2Cl)CC1.O=C(O)c1ccc2sc3ccccc3c2c1. The number of nitrogens with one attached hydrogen (secondary N) is 1. The van der Waals surface area contributed by atoms with Gasteiger partial charge in [-0.2, -0.15) is 0 Å². The number of carbonyl (C=O) groups excluding carboxylic acids is 1. The van der Waals surface area contributed by atoms with Crippen LogP contribution < -0.4 is 10.2 Å². The van der Waals surface area contributed by atoms with Crippen molar-refractivity contribution >= 4 is 104 Å². The Morgan fingerprint density at radius 2 is 1.28 bits per heavy atom. The first kappa shape index (κ1) is 34.3. The van der Waals surface area contributed by atoms with Crippen molar-refractivity contribution < 1.29 is 14.7 Å². The molecule has 50 heavy (non-hydrogen) atoms. The van der Waals surface area contributed by atoms with E-state index in [4.69, 9.17) is 28.3 Å². The fourth-order valence-corrected chi connectivity index (χ4v) is 9.18. The summed E-state index contributed by atoms with van der Waals surface area (Å²) in [5.41, 5.74) is 2.03. The van der Waals surface area contributed by atoms with Gasteiger partial charge in [-0.15, -0.1) is 22.7 Å². The lowest BCUT2D eigenvalue weighted by molar-refractivity contribution is 0.0696. The van der Waals surface area contributed by atoms with E-state index in [9.17, 15) is 9.59 Å². The summed E-state index contributed by atoms with van der Waals surface area (Å²) in [7, 11) is 0. The molecule has 2 N–H and O–H groups in total. The number of carboxylic acids is 1. The van der Waals surface area contributed by atoms with Crippen molar-refractivity contribution in [1.29, 1.82) is 0 Å². The summed E-state index contributed by atoms with van der Waals surface area (Å²) >= 11 is 16.1. The fraction of sp³-hybridized carbons (Fsp3) is 0.200. The number of hydrogen-bond donors (Lipinski definition) is 2. The van der Waals surface area contributed by atoms with Gasteiger partial charge in [0.25, 0.3) is 5.91 Å². The van der Waals surface area contributed by atoms with E-state index in [0.717, 1.165) is 65.6 Å². The number of nitrogens with zero attached hydrogens (tertiary/aromatic N) is 2. The summed E-state index contributed by atoms with van der Waals surface area (Å²) < 4.78 is 4.78. The van der Waals surface area contributed by atoms with Crippen LogP contribution in [0, 0.1) is 0 Å². The van der Waals surface area contributed by atoms with Gasteiger partial charge in [0.05, 0.1) is 27.5 Å². The van der Waals surface area contributed by atoms with Crippen molar-refractivity contribution in [3.63, 3.8) is 0 Å². The third-order valence-corrected chi connectivity index (χ3v) is 12.3. The van der Waals surface area contributed by atoms with Crippen LogP contribution in [0.4, 0.5) is 5.69 Å². The molecule has 0 spiro atoms. The van der Waals surface area contributed by atoms with Crippen molar-refractivity contribution in [3.8, 4) is 0 Å². The second kappa shape index (κ2) is 15.0. The standard InChI is InChI=1S/C27H27Cl2N3OS.C13H8O2S/c1-2-6-25(32-15-13-31(14-16-32)22-9-5-8-21(28)26(22)29)30-27(33)18-11-12-24-20(17-18)19-7-3-4-10-23(19)34-24;14-13(15)8-5-6-12-10(7-8)9-3-1-2-4-11(9)16-12/h3-5,7-12,17,25H,2,6,13-16H2,1H3,(H,30,33);1-7H,(H,14,15). The van der Waals surface area contributed by atoms with E-state index in [2.05, 4.69) is 58.4 Å². The first-order chi connectivity index (χ1) is 24.3. The minimum Gasteiger partial charge on any atom is -0.478 e. The minimum absolute atomic E-state index is 0.00407. The molecule has 1 aliphatic heterocycles. The van der Waals surface area contributed by atoms with Crippen LogP contribution in [0.3, 0.4) is 0 Å². The van der Waals surface area contributed by atoms with Crippen LogP contribution in [0.5, 0.6) is 0 Å². The summed E-state index contributed by atoms with van der Waals surface area (Å²) in [6, 6.07) is 33.5. The number of thiophene rings is 2. The molecule has 1 unspecified atom stereocenters. The van der Waals surface area contributed by atoms with E-state index in [0.29, 0.717) is 21.2 Å². The molecule has 6 nitrogen and oxygen atoms in total. The topological polar surface area (TPSA) is 72.9 Å². The van der Waals surface area contributed by atoms with Gasteiger partial charge in [-0.3, -0.25) is 9.69 Å². The molecule has 5 aromatic carbocycles. The van der Waals surface area contributed by atoms with Crippen molar-refractivity contribution in [3.05, 3.63) is 124 Å². The first-order valence-corrected chi connectivity index (χ1v) is 19.0. The predicted octanol–water partition coefficient (Wildman–Crippen LogP) is 10.8. The van der Waals surface area contributed by atoms with Gasteiger partial charge in [-0.25, -0.2) is 4.79 Å². The van der Waals surface area contributed by atoms with Gasteiger partial charge >= 0.3 is 5.97 Å². The Hall–Kier alpha value is -4.18.